The second-order valence-corrected chi connectivity index (χ2v) is 5.01. The van der Waals surface area contributed by atoms with Crippen LogP contribution in [0.15, 0.2) is 43.0 Å². The van der Waals surface area contributed by atoms with Gasteiger partial charge in [0, 0.05) is 24.3 Å². The van der Waals surface area contributed by atoms with Gasteiger partial charge in [0.2, 0.25) is 6.33 Å². The summed E-state index contributed by atoms with van der Waals surface area (Å²) in [6.45, 7) is 2.18. The zero-order valence-electron chi connectivity index (χ0n) is 10.7. The lowest BCUT2D eigenvalue weighted by Crippen LogP contribution is -2.25. The number of anilines is 2. The predicted molar refractivity (Wildman–Crippen MR) is 72.3 cm³/mol. The van der Waals surface area contributed by atoms with Crippen molar-refractivity contribution in [3.63, 3.8) is 0 Å². The van der Waals surface area contributed by atoms with Gasteiger partial charge in [-0.05, 0) is 24.3 Å². The van der Waals surface area contributed by atoms with E-state index in [1.54, 1.807) is 0 Å². The van der Waals surface area contributed by atoms with Crippen molar-refractivity contribution < 1.29 is 4.57 Å². The molecule has 4 heteroatoms. The van der Waals surface area contributed by atoms with E-state index in [2.05, 4.69) is 51.9 Å². The first kappa shape index (κ1) is 11.1. The molecule has 4 nitrogen and oxygen atoms in total. The van der Waals surface area contributed by atoms with Crippen LogP contribution >= 0.6 is 0 Å². The number of hydrogen-bond acceptors (Lipinski definition) is 2. The van der Waals surface area contributed by atoms with Crippen LogP contribution in [-0.4, -0.2) is 17.7 Å². The van der Waals surface area contributed by atoms with Gasteiger partial charge in [-0.3, -0.25) is 0 Å². The van der Waals surface area contributed by atoms with Crippen LogP contribution in [-0.2, 0) is 7.05 Å². The number of nitrogens with zero attached hydrogens (tertiary/aromatic N) is 3. The van der Waals surface area contributed by atoms with E-state index < -0.39 is 0 Å². The lowest BCUT2D eigenvalue weighted by molar-refractivity contribution is -0.671. The minimum atomic E-state index is 0.573. The molecule has 0 radical (unpaired) electrons. The van der Waals surface area contributed by atoms with Crippen LogP contribution < -0.4 is 15.2 Å². The van der Waals surface area contributed by atoms with Crippen molar-refractivity contribution >= 4 is 11.4 Å². The van der Waals surface area contributed by atoms with Crippen molar-refractivity contribution in [2.24, 2.45) is 7.05 Å². The number of aromatic nitrogens is 2. The second-order valence-electron chi connectivity index (χ2n) is 5.01. The molecule has 0 spiro atoms. The lowest BCUT2D eigenvalue weighted by atomic mass is 10.2. The highest BCUT2D eigenvalue weighted by Gasteiger charge is 2.27. The summed E-state index contributed by atoms with van der Waals surface area (Å²) in [6, 6.07) is 8.72. The highest BCUT2D eigenvalue weighted by molar-refractivity contribution is 5.53. The first-order valence-electron chi connectivity index (χ1n) is 6.35. The molecule has 0 amide bonds. The van der Waals surface area contributed by atoms with Crippen LogP contribution in [0.25, 0.3) is 0 Å². The molecule has 1 saturated heterocycles. The Morgan fingerprint density at radius 1 is 1.28 bits per heavy atom. The standard InChI is InChI=1S/C14H19N4/c1-16-8-9-18(11-16)14-6-7-17(10-14)13-4-2-12(15)3-5-13/h2-5,8-9,11,14H,6-7,10,15H2,1H3/q+1/t14-/m1/s1. The van der Waals surface area contributed by atoms with Crippen molar-refractivity contribution in [1.29, 1.82) is 0 Å². The van der Waals surface area contributed by atoms with E-state index in [1.807, 2.05) is 12.1 Å². The Labute approximate surface area is 107 Å². The lowest BCUT2D eigenvalue weighted by Gasteiger charge is -2.17. The zero-order valence-corrected chi connectivity index (χ0v) is 10.7. The fraction of sp³-hybridized carbons (Fsp3) is 0.357. The van der Waals surface area contributed by atoms with Gasteiger partial charge >= 0.3 is 0 Å². The highest BCUT2D eigenvalue weighted by Crippen LogP contribution is 2.26. The zero-order chi connectivity index (χ0) is 12.5. The number of aryl methyl sites for hydroxylation is 1. The van der Waals surface area contributed by atoms with E-state index in [9.17, 15) is 0 Å². The quantitative estimate of drug-likeness (QED) is 0.638. The van der Waals surface area contributed by atoms with Gasteiger partial charge in [0.15, 0.2) is 0 Å². The largest absolute Gasteiger partial charge is 0.399 e. The summed E-state index contributed by atoms with van der Waals surface area (Å²) >= 11 is 0. The summed E-state index contributed by atoms with van der Waals surface area (Å²) in [5.41, 5.74) is 7.81. The summed E-state index contributed by atoms with van der Waals surface area (Å²) in [7, 11) is 2.06. The molecular weight excluding hydrogens is 224 g/mol. The average Bonchev–Trinajstić information content (AvgIpc) is 2.98. The first-order valence-corrected chi connectivity index (χ1v) is 6.35. The van der Waals surface area contributed by atoms with E-state index in [0.717, 1.165) is 18.8 Å². The maximum atomic E-state index is 5.72. The molecule has 1 aromatic heterocycles. The summed E-state index contributed by atoms with van der Waals surface area (Å²) < 4.78 is 4.39. The molecule has 1 fully saturated rings. The van der Waals surface area contributed by atoms with Gasteiger partial charge in [0.05, 0.1) is 13.6 Å². The Morgan fingerprint density at radius 2 is 2.06 bits per heavy atom. The number of imidazole rings is 1. The summed E-state index contributed by atoms with van der Waals surface area (Å²) in [6.07, 6.45) is 7.58. The van der Waals surface area contributed by atoms with Crippen molar-refractivity contribution in [1.82, 2.24) is 4.57 Å². The van der Waals surface area contributed by atoms with Gasteiger partial charge in [-0.15, -0.1) is 0 Å². The van der Waals surface area contributed by atoms with Crippen molar-refractivity contribution in [3.05, 3.63) is 43.0 Å². The molecule has 1 atom stereocenters. The monoisotopic (exact) mass is 243 g/mol. The van der Waals surface area contributed by atoms with Gasteiger partial charge < -0.3 is 10.6 Å². The molecule has 0 aliphatic carbocycles. The van der Waals surface area contributed by atoms with E-state index in [-0.39, 0.29) is 0 Å². The molecule has 0 bridgehead atoms. The van der Waals surface area contributed by atoms with E-state index in [0.29, 0.717) is 6.04 Å². The molecule has 3 rings (SSSR count). The number of rotatable bonds is 2. The van der Waals surface area contributed by atoms with E-state index in [1.165, 1.54) is 12.1 Å². The normalized spacial score (nSPS) is 19.4. The molecular formula is C14H19N4+. The van der Waals surface area contributed by atoms with Crippen molar-refractivity contribution in [2.75, 3.05) is 23.7 Å². The predicted octanol–water partition coefficient (Wildman–Crippen LogP) is 1.35. The average molecular weight is 243 g/mol. The minimum Gasteiger partial charge on any atom is -0.399 e. The maximum Gasteiger partial charge on any atom is 0.243 e. The maximum absolute atomic E-state index is 5.72. The minimum absolute atomic E-state index is 0.573. The number of benzene rings is 1. The van der Waals surface area contributed by atoms with Gasteiger partial charge in [0.1, 0.15) is 18.4 Å². The molecule has 1 aliphatic heterocycles. The fourth-order valence-electron chi connectivity index (χ4n) is 2.59. The highest BCUT2D eigenvalue weighted by atomic mass is 15.2. The van der Waals surface area contributed by atoms with Crippen LogP contribution in [0.2, 0.25) is 0 Å². The molecule has 1 aliphatic rings. The Morgan fingerprint density at radius 3 is 2.72 bits per heavy atom. The third-order valence-electron chi connectivity index (χ3n) is 3.63. The molecule has 2 N–H and O–H groups in total. The Hall–Kier alpha value is -1.97. The number of hydrogen-bond donors (Lipinski definition) is 1. The third kappa shape index (κ3) is 2.06. The van der Waals surface area contributed by atoms with Crippen molar-refractivity contribution in [2.45, 2.75) is 12.5 Å². The van der Waals surface area contributed by atoms with Crippen LogP contribution in [0.5, 0.6) is 0 Å². The van der Waals surface area contributed by atoms with Gasteiger partial charge in [-0.2, -0.15) is 0 Å². The van der Waals surface area contributed by atoms with Gasteiger partial charge in [0.25, 0.3) is 0 Å². The molecule has 2 aromatic rings. The van der Waals surface area contributed by atoms with Gasteiger partial charge in [-0.1, -0.05) is 0 Å². The molecule has 94 valence electrons. The Bertz CT molecular complexity index is 529. The molecule has 18 heavy (non-hydrogen) atoms. The smallest absolute Gasteiger partial charge is 0.243 e. The Balaban J connectivity index is 1.73. The fourth-order valence-corrected chi connectivity index (χ4v) is 2.59. The topological polar surface area (TPSA) is 38.1 Å². The van der Waals surface area contributed by atoms with Crippen LogP contribution in [0.4, 0.5) is 11.4 Å². The van der Waals surface area contributed by atoms with Crippen LogP contribution in [0.1, 0.15) is 12.5 Å². The van der Waals surface area contributed by atoms with Crippen molar-refractivity contribution in [3.8, 4) is 0 Å². The third-order valence-corrected chi connectivity index (χ3v) is 3.63. The molecule has 1 aromatic carbocycles. The summed E-state index contributed by atoms with van der Waals surface area (Å²) in [5.74, 6) is 0. The molecule has 2 heterocycles. The molecule has 0 saturated carbocycles. The molecule has 0 unspecified atom stereocenters. The second kappa shape index (κ2) is 4.37. The van der Waals surface area contributed by atoms with E-state index >= 15 is 0 Å². The first-order chi connectivity index (χ1) is 8.72. The Kier molecular flexibility index (Phi) is 2.70. The summed E-state index contributed by atoms with van der Waals surface area (Å²) in [4.78, 5) is 2.42. The van der Waals surface area contributed by atoms with Crippen LogP contribution in [0, 0.1) is 0 Å². The SMILES string of the molecule is C[n+]1ccn([C@@H]2CCN(c3ccc(N)cc3)C2)c1. The number of nitrogens with two attached hydrogens (primary N) is 1. The van der Waals surface area contributed by atoms with Gasteiger partial charge in [-0.25, -0.2) is 9.13 Å². The summed E-state index contributed by atoms with van der Waals surface area (Å²) in [5, 5.41) is 0. The van der Waals surface area contributed by atoms with E-state index in [4.69, 9.17) is 5.73 Å². The number of nitrogen functional groups attached to an aromatic ring is 1. The van der Waals surface area contributed by atoms with Crippen LogP contribution in [0.3, 0.4) is 0 Å².